The monoisotopic (exact) mass is 357 g/mol. The van der Waals surface area contributed by atoms with Crippen LogP contribution in [0.25, 0.3) is 21.7 Å². The minimum Gasteiger partial charge on any atom is -0.496 e. The molecule has 3 aromatic carbocycles. The first kappa shape index (κ1) is 17.7. The number of methoxy groups -OCH3 is 1. The number of para-hydroxylation sites is 1. The molecule has 0 radical (unpaired) electrons. The second kappa shape index (κ2) is 7.87. The fourth-order valence-electron chi connectivity index (χ4n) is 4.05. The molecule has 0 atom stereocenters. The Labute approximate surface area is 161 Å². The molecule has 1 heterocycles. The summed E-state index contributed by atoms with van der Waals surface area (Å²) in [7, 11) is 1.74. The van der Waals surface area contributed by atoms with Gasteiger partial charge in [0.1, 0.15) is 5.75 Å². The highest BCUT2D eigenvalue weighted by Crippen LogP contribution is 2.31. The van der Waals surface area contributed by atoms with Gasteiger partial charge >= 0.3 is 0 Å². The fraction of sp³-hybridized carbons (Fsp3) is 0.280. The molecule has 0 bridgehead atoms. The van der Waals surface area contributed by atoms with Crippen LogP contribution in [-0.2, 0) is 13.0 Å². The van der Waals surface area contributed by atoms with Crippen molar-refractivity contribution >= 4 is 21.7 Å². The van der Waals surface area contributed by atoms with Crippen LogP contribution in [0, 0.1) is 0 Å². The van der Waals surface area contributed by atoms with Crippen molar-refractivity contribution in [3.63, 3.8) is 0 Å². The third-order valence-corrected chi connectivity index (χ3v) is 5.45. The number of fused-ring (bicyclic) bond motifs is 2. The number of aryl methyl sites for hydroxylation is 1. The molecule has 138 valence electrons. The van der Waals surface area contributed by atoms with Crippen molar-refractivity contribution in [2.45, 2.75) is 39.2 Å². The van der Waals surface area contributed by atoms with E-state index in [4.69, 9.17) is 4.74 Å². The van der Waals surface area contributed by atoms with Gasteiger partial charge in [0.15, 0.2) is 0 Å². The van der Waals surface area contributed by atoms with E-state index in [0.29, 0.717) is 0 Å². The minimum absolute atomic E-state index is 0.936. The summed E-state index contributed by atoms with van der Waals surface area (Å²) < 4.78 is 7.99. The maximum atomic E-state index is 5.56. The smallest absolute Gasteiger partial charge is 0.126 e. The lowest BCUT2D eigenvalue weighted by atomic mass is 9.97. The van der Waals surface area contributed by atoms with Gasteiger partial charge in [0, 0.05) is 35.5 Å². The minimum atomic E-state index is 0.936. The molecule has 0 unspecified atom stereocenters. The number of aromatic nitrogens is 1. The number of ether oxygens (including phenoxy) is 1. The Balaban J connectivity index is 1.75. The Kier molecular flexibility index (Phi) is 5.15. The van der Waals surface area contributed by atoms with E-state index in [1.165, 1.54) is 52.1 Å². The summed E-state index contributed by atoms with van der Waals surface area (Å²) in [6.45, 7) is 3.35. The molecule has 27 heavy (non-hydrogen) atoms. The summed E-state index contributed by atoms with van der Waals surface area (Å²) >= 11 is 0. The second-order valence-electron chi connectivity index (χ2n) is 7.22. The molecule has 0 amide bonds. The van der Waals surface area contributed by atoms with E-state index in [1.807, 2.05) is 0 Å². The number of unbranched alkanes of at least 4 members (excludes halogenated alkanes) is 2. The molecule has 0 aliphatic rings. The molecular weight excluding hydrogens is 330 g/mol. The van der Waals surface area contributed by atoms with Gasteiger partial charge in [-0.25, -0.2) is 0 Å². The fourth-order valence-corrected chi connectivity index (χ4v) is 4.05. The van der Waals surface area contributed by atoms with Gasteiger partial charge in [-0.05, 0) is 35.1 Å². The van der Waals surface area contributed by atoms with Crippen LogP contribution >= 0.6 is 0 Å². The van der Waals surface area contributed by atoms with E-state index in [0.717, 1.165) is 18.7 Å². The van der Waals surface area contributed by atoms with E-state index in [9.17, 15) is 0 Å². The zero-order chi connectivity index (χ0) is 18.6. The topological polar surface area (TPSA) is 14.2 Å². The molecular formula is C25H27NO. The molecule has 0 N–H and O–H groups in total. The predicted octanol–water partition coefficient (Wildman–Crippen LogP) is 6.58. The van der Waals surface area contributed by atoms with Gasteiger partial charge in [0.25, 0.3) is 0 Å². The van der Waals surface area contributed by atoms with Crippen LogP contribution in [0.4, 0.5) is 0 Å². The lowest BCUT2D eigenvalue weighted by Crippen LogP contribution is -1.96. The highest BCUT2D eigenvalue weighted by atomic mass is 16.5. The van der Waals surface area contributed by atoms with E-state index >= 15 is 0 Å². The Morgan fingerprint density at radius 3 is 2.30 bits per heavy atom. The van der Waals surface area contributed by atoms with Crippen LogP contribution in [0.2, 0.25) is 0 Å². The van der Waals surface area contributed by atoms with Gasteiger partial charge in [0.05, 0.1) is 7.11 Å². The first-order valence-corrected chi connectivity index (χ1v) is 9.93. The largest absolute Gasteiger partial charge is 0.496 e. The van der Waals surface area contributed by atoms with Gasteiger partial charge in [-0.2, -0.15) is 0 Å². The summed E-state index contributed by atoms with van der Waals surface area (Å²) in [6.07, 6.45) is 7.07. The van der Waals surface area contributed by atoms with Crippen molar-refractivity contribution in [1.82, 2.24) is 4.57 Å². The average molecular weight is 357 g/mol. The second-order valence-corrected chi connectivity index (χ2v) is 7.22. The summed E-state index contributed by atoms with van der Waals surface area (Å²) in [6, 6.07) is 21.6. The molecule has 4 aromatic rings. The quantitative estimate of drug-likeness (QED) is 0.341. The van der Waals surface area contributed by atoms with Gasteiger partial charge in [-0.15, -0.1) is 0 Å². The Morgan fingerprint density at radius 1 is 0.778 bits per heavy atom. The lowest BCUT2D eigenvalue weighted by Gasteiger charge is -2.10. The third kappa shape index (κ3) is 3.44. The zero-order valence-electron chi connectivity index (χ0n) is 16.2. The molecule has 0 aliphatic heterocycles. The van der Waals surface area contributed by atoms with Crippen LogP contribution in [0.3, 0.4) is 0 Å². The molecule has 0 spiro atoms. The predicted molar refractivity (Wildman–Crippen MR) is 115 cm³/mol. The highest BCUT2D eigenvalue weighted by Gasteiger charge is 2.12. The Morgan fingerprint density at radius 2 is 1.52 bits per heavy atom. The summed E-state index contributed by atoms with van der Waals surface area (Å²) in [4.78, 5) is 0. The van der Waals surface area contributed by atoms with E-state index < -0.39 is 0 Å². The Hall–Kier alpha value is -2.74. The third-order valence-electron chi connectivity index (χ3n) is 5.45. The summed E-state index contributed by atoms with van der Waals surface area (Å²) in [5.74, 6) is 0.941. The van der Waals surface area contributed by atoms with Crippen LogP contribution < -0.4 is 4.74 Å². The molecule has 2 nitrogen and oxygen atoms in total. The number of hydrogen-bond donors (Lipinski definition) is 0. The van der Waals surface area contributed by atoms with Gasteiger partial charge in [-0.3, -0.25) is 0 Å². The van der Waals surface area contributed by atoms with Crippen molar-refractivity contribution in [2.75, 3.05) is 7.11 Å². The van der Waals surface area contributed by atoms with Crippen molar-refractivity contribution in [3.8, 4) is 5.75 Å². The molecule has 0 aliphatic carbocycles. The molecule has 0 saturated heterocycles. The first-order chi connectivity index (χ1) is 13.3. The number of benzene rings is 3. The molecule has 4 rings (SSSR count). The molecule has 2 heteroatoms. The highest BCUT2D eigenvalue weighted by molar-refractivity contribution is 5.92. The van der Waals surface area contributed by atoms with Crippen LogP contribution in [0.15, 0.2) is 66.9 Å². The number of rotatable bonds is 7. The van der Waals surface area contributed by atoms with Crippen molar-refractivity contribution in [2.24, 2.45) is 0 Å². The molecule has 0 fully saturated rings. The summed E-state index contributed by atoms with van der Waals surface area (Å²) in [5, 5.41) is 3.83. The number of hydrogen-bond acceptors (Lipinski definition) is 1. The van der Waals surface area contributed by atoms with E-state index in [1.54, 1.807) is 7.11 Å². The SMILES string of the molecule is CCCCCn1cc(Cc2ccc(OC)c3ccccc23)c2ccccc21. The number of nitrogens with zero attached hydrogens (tertiary/aromatic N) is 1. The van der Waals surface area contributed by atoms with Crippen molar-refractivity contribution in [1.29, 1.82) is 0 Å². The Bertz CT molecular complexity index is 1060. The van der Waals surface area contributed by atoms with E-state index in [2.05, 4.69) is 78.4 Å². The van der Waals surface area contributed by atoms with Gasteiger partial charge < -0.3 is 9.30 Å². The normalized spacial score (nSPS) is 11.3. The van der Waals surface area contributed by atoms with Crippen molar-refractivity contribution in [3.05, 3.63) is 78.0 Å². The van der Waals surface area contributed by atoms with Crippen LogP contribution in [0.5, 0.6) is 5.75 Å². The first-order valence-electron chi connectivity index (χ1n) is 9.93. The standard InChI is InChI=1S/C25H27NO/c1-3-4-9-16-26-18-20(22-11-7-8-13-24(22)26)17-19-14-15-25(27-2)23-12-6-5-10-21(19)23/h5-8,10-15,18H,3-4,9,16-17H2,1-2H3. The van der Waals surface area contributed by atoms with Gasteiger partial charge in [-0.1, -0.05) is 68.3 Å². The van der Waals surface area contributed by atoms with Crippen LogP contribution in [0.1, 0.15) is 37.3 Å². The van der Waals surface area contributed by atoms with Crippen LogP contribution in [-0.4, -0.2) is 11.7 Å². The zero-order valence-corrected chi connectivity index (χ0v) is 16.2. The van der Waals surface area contributed by atoms with Crippen molar-refractivity contribution < 1.29 is 4.74 Å². The maximum absolute atomic E-state index is 5.56. The van der Waals surface area contributed by atoms with E-state index in [-0.39, 0.29) is 0 Å². The molecule has 1 aromatic heterocycles. The molecule has 0 saturated carbocycles. The lowest BCUT2D eigenvalue weighted by molar-refractivity contribution is 0.419. The maximum Gasteiger partial charge on any atom is 0.126 e. The average Bonchev–Trinajstić information content (AvgIpc) is 3.06. The summed E-state index contributed by atoms with van der Waals surface area (Å²) in [5.41, 5.74) is 4.10. The van der Waals surface area contributed by atoms with Gasteiger partial charge in [0.2, 0.25) is 0 Å².